The zero-order valence-electron chi connectivity index (χ0n) is 17.7. The number of benzene rings is 2. The molecule has 0 saturated heterocycles. The fourth-order valence-corrected chi connectivity index (χ4v) is 3.46. The molecular weight excluding hydrogens is 428 g/mol. The summed E-state index contributed by atoms with van der Waals surface area (Å²) < 4.78 is 5.80. The molecule has 0 aliphatic carbocycles. The lowest BCUT2D eigenvalue weighted by Crippen LogP contribution is -2.33. The third-order valence-corrected chi connectivity index (χ3v) is 5.68. The minimum Gasteiger partial charge on any atom is -0.457 e. The first kappa shape index (κ1) is 22.8. The van der Waals surface area contributed by atoms with Crippen LogP contribution in [0.4, 0.5) is 5.69 Å². The normalized spacial score (nSPS) is 12.0. The molecule has 2 aromatic carbocycles. The maximum Gasteiger partial charge on any atom is 0.250 e. The van der Waals surface area contributed by atoms with Gasteiger partial charge in [0.2, 0.25) is 5.91 Å². The van der Waals surface area contributed by atoms with E-state index in [4.69, 9.17) is 28.2 Å². The van der Waals surface area contributed by atoms with E-state index in [1.54, 1.807) is 12.1 Å². The van der Waals surface area contributed by atoms with Crippen molar-refractivity contribution in [2.24, 2.45) is 0 Å². The Morgan fingerprint density at radius 2 is 1.97 bits per heavy atom. The smallest absolute Gasteiger partial charge is 0.250 e. The van der Waals surface area contributed by atoms with Crippen LogP contribution in [0.2, 0.25) is 5.02 Å². The van der Waals surface area contributed by atoms with Crippen LogP contribution in [-0.2, 0) is 4.79 Å². The predicted octanol–water partition coefficient (Wildman–Crippen LogP) is 6.95. The summed E-state index contributed by atoms with van der Waals surface area (Å²) >= 11 is 11.5. The summed E-state index contributed by atoms with van der Waals surface area (Å²) in [6, 6.07) is 17.3. The Morgan fingerprint density at radius 1 is 1.19 bits per heavy atom. The number of hydrogen-bond acceptors (Lipinski definition) is 3. The lowest BCUT2D eigenvalue weighted by molar-refractivity contribution is -0.115. The van der Waals surface area contributed by atoms with E-state index >= 15 is 0 Å². The van der Waals surface area contributed by atoms with Gasteiger partial charge in [-0.05, 0) is 72.9 Å². The van der Waals surface area contributed by atoms with Crippen LogP contribution in [0.3, 0.4) is 0 Å². The van der Waals surface area contributed by atoms with Gasteiger partial charge in [0.05, 0.1) is 0 Å². The molecule has 0 radical (unpaired) electrons. The maximum absolute atomic E-state index is 12.3. The van der Waals surface area contributed by atoms with Gasteiger partial charge in [-0.3, -0.25) is 10.1 Å². The van der Waals surface area contributed by atoms with Gasteiger partial charge in [-0.1, -0.05) is 55.8 Å². The van der Waals surface area contributed by atoms with Crippen molar-refractivity contribution in [1.29, 1.82) is 0 Å². The summed E-state index contributed by atoms with van der Waals surface area (Å²) in [6.07, 6.45) is 4.00. The first-order valence-electron chi connectivity index (χ1n) is 10.1. The number of amides is 1. The Hall–Kier alpha value is -2.89. The number of carbonyl (C=O) groups is 1. The average Bonchev–Trinajstić information content (AvgIpc) is 3.23. The Bertz CT molecular complexity index is 1120. The molecule has 0 saturated carbocycles. The number of halogens is 1. The van der Waals surface area contributed by atoms with Crippen molar-refractivity contribution in [3.8, 4) is 11.3 Å². The van der Waals surface area contributed by atoms with Crippen molar-refractivity contribution in [2.75, 3.05) is 5.32 Å². The van der Waals surface area contributed by atoms with E-state index in [-0.39, 0.29) is 11.0 Å². The molecule has 1 unspecified atom stereocenters. The van der Waals surface area contributed by atoms with Crippen molar-refractivity contribution in [1.82, 2.24) is 5.32 Å². The molecule has 1 amide bonds. The molecule has 6 heteroatoms. The van der Waals surface area contributed by atoms with Gasteiger partial charge in [0.15, 0.2) is 5.11 Å². The molecular formula is C25H25ClN2O2S. The molecule has 1 aromatic heterocycles. The Kier molecular flexibility index (Phi) is 7.66. The monoisotopic (exact) mass is 452 g/mol. The molecule has 0 aliphatic rings. The Labute approximate surface area is 193 Å². The first-order valence-corrected chi connectivity index (χ1v) is 10.9. The van der Waals surface area contributed by atoms with Crippen LogP contribution in [0.15, 0.2) is 65.1 Å². The summed E-state index contributed by atoms with van der Waals surface area (Å²) in [5.74, 6) is 1.29. The van der Waals surface area contributed by atoms with E-state index in [0.29, 0.717) is 22.5 Å². The molecule has 1 heterocycles. The lowest BCUT2D eigenvalue weighted by atomic mass is 9.97. The lowest BCUT2D eigenvalue weighted by Gasteiger charge is -2.16. The zero-order valence-corrected chi connectivity index (χ0v) is 19.3. The van der Waals surface area contributed by atoms with Crippen LogP contribution in [0, 0.1) is 6.92 Å². The van der Waals surface area contributed by atoms with Crippen LogP contribution < -0.4 is 10.6 Å². The van der Waals surface area contributed by atoms with E-state index in [2.05, 4.69) is 30.5 Å². The Morgan fingerprint density at radius 3 is 2.71 bits per heavy atom. The molecule has 0 spiro atoms. The number of anilines is 1. The summed E-state index contributed by atoms with van der Waals surface area (Å²) in [7, 11) is 0. The van der Waals surface area contributed by atoms with Gasteiger partial charge in [0.1, 0.15) is 11.5 Å². The predicted molar refractivity (Wildman–Crippen MR) is 132 cm³/mol. The van der Waals surface area contributed by atoms with Crippen LogP contribution in [0.25, 0.3) is 17.4 Å². The van der Waals surface area contributed by atoms with Gasteiger partial charge in [-0.2, -0.15) is 0 Å². The highest BCUT2D eigenvalue weighted by Gasteiger charge is 2.10. The number of aryl methyl sites for hydroxylation is 1. The maximum atomic E-state index is 12.3. The quantitative estimate of drug-likeness (QED) is 0.314. The highest BCUT2D eigenvalue weighted by atomic mass is 35.5. The number of nitrogens with one attached hydrogen (secondary N) is 2. The van der Waals surface area contributed by atoms with Crippen molar-refractivity contribution in [3.63, 3.8) is 0 Å². The summed E-state index contributed by atoms with van der Waals surface area (Å²) in [5, 5.41) is 6.72. The topological polar surface area (TPSA) is 54.3 Å². The number of rotatable bonds is 6. The highest BCUT2D eigenvalue weighted by molar-refractivity contribution is 7.80. The van der Waals surface area contributed by atoms with E-state index in [0.717, 1.165) is 28.8 Å². The second kappa shape index (κ2) is 10.4. The third kappa shape index (κ3) is 6.06. The second-order valence-electron chi connectivity index (χ2n) is 7.34. The molecule has 1 atom stereocenters. The van der Waals surface area contributed by atoms with Crippen LogP contribution in [0.1, 0.15) is 43.1 Å². The van der Waals surface area contributed by atoms with Gasteiger partial charge in [-0.15, -0.1) is 0 Å². The van der Waals surface area contributed by atoms with Gasteiger partial charge in [-0.25, -0.2) is 0 Å². The third-order valence-electron chi connectivity index (χ3n) is 5.07. The van der Waals surface area contributed by atoms with E-state index in [1.165, 1.54) is 6.08 Å². The van der Waals surface area contributed by atoms with Crippen molar-refractivity contribution >= 4 is 46.6 Å². The molecule has 0 bridgehead atoms. The van der Waals surface area contributed by atoms with Crippen molar-refractivity contribution in [2.45, 2.75) is 33.1 Å². The van der Waals surface area contributed by atoms with Gasteiger partial charge in [0, 0.05) is 22.3 Å². The second-order valence-corrected chi connectivity index (χ2v) is 8.15. The summed E-state index contributed by atoms with van der Waals surface area (Å²) in [5.41, 5.74) is 3.95. The van der Waals surface area contributed by atoms with Crippen LogP contribution in [-0.4, -0.2) is 11.0 Å². The molecule has 3 aromatic rings. The van der Waals surface area contributed by atoms with Gasteiger partial charge >= 0.3 is 0 Å². The van der Waals surface area contributed by atoms with E-state index < -0.39 is 0 Å². The standard InChI is InChI=1S/C25H25ClN2O2S/c1-4-16(2)20-7-5-6-8-22(20)27-25(31)28-24(29)14-12-19-11-13-23(30-19)18-10-9-17(3)21(26)15-18/h5-16H,4H2,1-3H3,(H2,27,28,29,31)/b14-12+. The highest BCUT2D eigenvalue weighted by Crippen LogP contribution is 2.28. The summed E-state index contributed by atoms with van der Waals surface area (Å²) in [4.78, 5) is 12.3. The molecule has 31 heavy (non-hydrogen) atoms. The fourth-order valence-electron chi connectivity index (χ4n) is 3.07. The number of furan rings is 1. The van der Waals surface area contributed by atoms with Crippen LogP contribution in [0.5, 0.6) is 0 Å². The van der Waals surface area contributed by atoms with Gasteiger partial charge < -0.3 is 9.73 Å². The van der Waals surface area contributed by atoms with Crippen molar-refractivity contribution in [3.05, 3.63) is 82.6 Å². The summed E-state index contributed by atoms with van der Waals surface area (Å²) in [6.45, 7) is 6.25. The first-order chi connectivity index (χ1) is 14.9. The largest absolute Gasteiger partial charge is 0.457 e. The number of carbonyl (C=O) groups excluding carboxylic acids is 1. The molecule has 2 N–H and O–H groups in total. The number of hydrogen-bond donors (Lipinski definition) is 2. The molecule has 0 aliphatic heterocycles. The minimum absolute atomic E-state index is 0.250. The number of thiocarbonyl (C=S) groups is 1. The molecule has 3 rings (SSSR count). The number of para-hydroxylation sites is 1. The zero-order chi connectivity index (χ0) is 22.4. The fraction of sp³-hybridized carbons (Fsp3) is 0.200. The minimum atomic E-state index is -0.338. The van der Waals surface area contributed by atoms with Crippen LogP contribution >= 0.6 is 23.8 Å². The molecule has 160 valence electrons. The SMILES string of the molecule is CCC(C)c1ccccc1NC(=S)NC(=O)/C=C/c1ccc(-c2ccc(C)c(Cl)c2)o1. The molecule has 0 fully saturated rings. The molecule has 4 nitrogen and oxygen atoms in total. The van der Waals surface area contributed by atoms with E-state index in [9.17, 15) is 4.79 Å². The van der Waals surface area contributed by atoms with Crippen molar-refractivity contribution < 1.29 is 9.21 Å². The average molecular weight is 453 g/mol. The Balaban J connectivity index is 1.60. The van der Waals surface area contributed by atoms with Gasteiger partial charge in [0.25, 0.3) is 0 Å². The van der Waals surface area contributed by atoms with E-state index in [1.807, 2.05) is 49.4 Å².